The van der Waals surface area contributed by atoms with Gasteiger partial charge in [0.25, 0.3) is 0 Å². The van der Waals surface area contributed by atoms with Gasteiger partial charge in [0.1, 0.15) is 5.82 Å². The number of halogens is 1. The lowest BCUT2D eigenvalue weighted by atomic mass is 10.2. The molecule has 0 bridgehead atoms. The lowest BCUT2D eigenvalue weighted by molar-refractivity contribution is 0.449. The van der Waals surface area contributed by atoms with E-state index in [1.807, 2.05) is 0 Å². The molecule has 3 rings (SSSR count). The largest absolute Gasteiger partial charge is 0.309 e. The number of nitrogens with one attached hydrogen (secondary N) is 1. The third kappa shape index (κ3) is 3.50. The van der Waals surface area contributed by atoms with Crippen molar-refractivity contribution in [3.05, 3.63) is 29.6 Å². The Balaban J connectivity index is 1.92. The lowest BCUT2D eigenvalue weighted by Gasteiger charge is -2.23. The molecule has 1 heterocycles. The van der Waals surface area contributed by atoms with Gasteiger partial charge in [-0.3, -0.25) is 0 Å². The van der Waals surface area contributed by atoms with Gasteiger partial charge in [-0.25, -0.2) is 21.2 Å². The van der Waals surface area contributed by atoms with Crippen molar-refractivity contribution in [3.63, 3.8) is 0 Å². The standard InChI is InChI=1S/C16H22FNO4S2/c1-11-8-13(6-7-14(11)17)24(21,22)16-10-23(19,20)9-15(16)18-12-4-2-3-5-12/h6-8,12,15-16,18H,2-5,9-10H2,1H3/t15-,16-/m1/s1. The molecule has 1 saturated carbocycles. The zero-order valence-corrected chi connectivity index (χ0v) is 15.2. The summed E-state index contributed by atoms with van der Waals surface area (Å²) in [6.45, 7) is 1.49. The summed E-state index contributed by atoms with van der Waals surface area (Å²) < 4.78 is 63.4. The van der Waals surface area contributed by atoms with E-state index in [9.17, 15) is 21.2 Å². The van der Waals surface area contributed by atoms with Gasteiger partial charge >= 0.3 is 0 Å². The van der Waals surface area contributed by atoms with Gasteiger partial charge in [0, 0.05) is 12.1 Å². The fraction of sp³-hybridized carbons (Fsp3) is 0.625. The summed E-state index contributed by atoms with van der Waals surface area (Å²) in [5.41, 5.74) is 0.234. The molecule has 0 aromatic heterocycles. The second kappa shape index (κ2) is 6.38. The highest BCUT2D eigenvalue weighted by atomic mass is 32.2. The Morgan fingerprint density at radius 2 is 1.83 bits per heavy atom. The molecule has 1 aliphatic carbocycles. The van der Waals surface area contributed by atoms with Gasteiger partial charge in [-0.1, -0.05) is 12.8 Å². The highest BCUT2D eigenvalue weighted by Gasteiger charge is 2.46. The van der Waals surface area contributed by atoms with Crippen molar-refractivity contribution in [2.24, 2.45) is 0 Å². The van der Waals surface area contributed by atoms with E-state index in [2.05, 4.69) is 5.32 Å². The van der Waals surface area contributed by atoms with E-state index < -0.39 is 36.8 Å². The topological polar surface area (TPSA) is 80.3 Å². The van der Waals surface area contributed by atoms with Crippen LogP contribution >= 0.6 is 0 Å². The van der Waals surface area contributed by atoms with E-state index in [0.717, 1.165) is 31.7 Å². The predicted molar refractivity (Wildman–Crippen MR) is 89.9 cm³/mol. The van der Waals surface area contributed by atoms with E-state index in [-0.39, 0.29) is 28.0 Å². The van der Waals surface area contributed by atoms with Crippen LogP contribution in [0, 0.1) is 12.7 Å². The molecular formula is C16H22FNO4S2. The van der Waals surface area contributed by atoms with Crippen LogP contribution in [0.4, 0.5) is 4.39 Å². The minimum atomic E-state index is -3.85. The zero-order chi connectivity index (χ0) is 17.5. The van der Waals surface area contributed by atoms with Gasteiger partial charge in [-0.05, 0) is 43.5 Å². The molecule has 0 unspecified atom stereocenters. The maximum Gasteiger partial charge on any atom is 0.183 e. The fourth-order valence-electron chi connectivity index (χ4n) is 3.64. The molecule has 2 aliphatic rings. The number of rotatable bonds is 4. The monoisotopic (exact) mass is 375 g/mol. The molecule has 0 spiro atoms. The molecule has 0 amide bonds. The molecule has 1 aromatic carbocycles. The normalized spacial score (nSPS) is 27.6. The Hall–Kier alpha value is -0.990. The van der Waals surface area contributed by atoms with Crippen LogP contribution in [0.15, 0.2) is 23.1 Å². The number of sulfone groups is 2. The van der Waals surface area contributed by atoms with Crippen LogP contribution in [-0.4, -0.2) is 45.7 Å². The summed E-state index contributed by atoms with van der Waals surface area (Å²) in [5.74, 6) is -1.02. The first-order valence-electron chi connectivity index (χ1n) is 8.15. The number of benzene rings is 1. The summed E-state index contributed by atoms with van der Waals surface area (Å²) in [7, 11) is -7.26. The summed E-state index contributed by atoms with van der Waals surface area (Å²) in [5, 5.41) is 2.23. The van der Waals surface area contributed by atoms with Gasteiger partial charge in [-0.2, -0.15) is 0 Å². The molecule has 1 saturated heterocycles. The number of hydrogen-bond acceptors (Lipinski definition) is 5. The quantitative estimate of drug-likeness (QED) is 0.809. The zero-order valence-electron chi connectivity index (χ0n) is 13.5. The van der Waals surface area contributed by atoms with Crippen LogP contribution in [0.3, 0.4) is 0 Å². The molecule has 134 valence electrons. The Labute approximate surface area is 142 Å². The Kier molecular flexibility index (Phi) is 4.74. The van der Waals surface area contributed by atoms with Crippen LogP contribution in [0.1, 0.15) is 31.2 Å². The third-order valence-electron chi connectivity index (χ3n) is 4.96. The molecule has 2 atom stereocenters. The van der Waals surface area contributed by atoms with Crippen molar-refractivity contribution in [2.45, 2.75) is 54.8 Å². The smallest absolute Gasteiger partial charge is 0.183 e. The van der Waals surface area contributed by atoms with Crippen molar-refractivity contribution in [3.8, 4) is 0 Å². The van der Waals surface area contributed by atoms with E-state index in [0.29, 0.717) is 0 Å². The first-order valence-corrected chi connectivity index (χ1v) is 11.5. The average Bonchev–Trinajstić information content (AvgIpc) is 3.09. The van der Waals surface area contributed by atoms with Crippen molar-refractivity contribution < 1.29 is 21.2 Å². The van der Waals surface area contributed by atoms with Crippen LogP contribution < -0.4 is 5.32 Å². The third-order valence-corrected chi connectivity index (χ3v) is 9.11. The molecular weight excluding hydrogens is 353 g/mol. The second-order valence-corrected chi connectivity index (χ2v) is 11.1. The lowest BCUT2D eigenvalue weighted by Crippen LogP contribution is -2.47. The molecule has 8 heteroatoms. The first kappa shape index (κ1) is 17.8. The predicted octanol–water partition coefficient (Wildman–Crippen LogP) is 1.61. The van der Waals surface area contributed by atoms with Gasteiger partial charge in [0.15, 0.2) is 19.7 Å². The Morgan fingerprint density at radius 3 is 2.46 bits per heavy atom. The Morgan fingerprint density at radius 1 is 1.17 bits per heavy atom. The Bertz CT molecular complexity index is 830. The van der Waals surface area contributed by atoms with Crippen molar-refractivity contribution in [1.29, 1.82) is 0 Å². The van der Waals surface area contributed by atoms with E-state index in [4.69, 9.17) is 0 Å². The van der Waals surface area contributed by atoms with Crippen molar-refractivity contribution >= 4 is 19.7 Å². The molecule has 2 fully saturated rings. The number of hydrogen-bond donors (Lipinski definition) is 1. The molecule has 1 N–H and O–H groups in total. The molecule has 24 heavy (non-hydrogen) atoms. The van der Waals surface area contributed by atoms with Crippen LogP contribution in [0.2, 0.25) is 0 Å². The first-order chi connectivity index (χ1) is 11.2. The summed E-state index contributed by atoms with van der Waals surface area (Å²) >= 11 is 0. The summed E-state index contributed by atoms with van der Waals surface area (Å²) in [6, 6.07) is 3.19. The van der Waals surface area contributed by atoms with E-state index >= 15 is 0 Å². The fourth-order valence-corrected chi connectivity index (χ4v) is 8.40. The second-order valence-electron chi connectivity index (χ2n) is 6.83. The van der Waals surface area contributed by atoms with Gasteiger partial charge in [-0.15, -0.1) is 0 Å². The van der Waals surface area contributed by atoms with Crippen LogP contribution in [0.5, 0.6) is 0 Å². The number of aryl methyl sites for hydroxylation is 1. The van der Waals surface area contributed by atoms with Crippen molar-refractivity contribution in [1.82, 2.24) is 5.32 Å². The van der Waals surface area contributed by atoms with Gasteiger partial charge in [0.2, 0.25) is 0 Å². The van der Waals surface area contributed by atoms with Crippen LogP contribution in [0.25, 0.3) is 0 Å². The minimum Gasteiger partial charge on any atom is -0.309 e. The summed E-state index contributed by atoms with van der Waals surface area (Å²) in [4.78, 5) is -0.0123. The summed E-state index contributed by atoms with van der Waals surface area (Å²) in [6.07, 6.45) is 4.04. The van der Waals surface area contributed by atoms with Crippen molar-refractivity contribution in [2.75, 3.05) is 11.5 Å². The highest BCUT2D eigenvalue weighted by Crippen LogP contribution is 2.29. The molecule has 1 aromatic rings. The SMILES string of the molecule is Cc1cc(S(=O)(=O)[C@@H]2CS(=O)(=O)C[C@H]2NC2CCCC2)ccc1F. The van der Waals surface area contributed by atoms with Crippen LogP contribution in [-0.2, 0) is 19.7 Å². The molecule has 1 aliphatic heterocycles. The maximum absolute atomic E-state index is 13.4. The maximum atomic E-state index is 13.4. The highest BCUT2D eigenvalue weighted by molar-refractivity contribution is 7.96. The van der Waals surface area contributed by atoms with Gasteiger partial charge < -0.3 is 5.32 Å². The minimum absolute atomic E-state index is 0.0123. The average molecular weight is 375 g/mol. The molecule has 0 radical (unpaired) electrons. The molecule has 5 nitrogen and oxygen atoms in total. The van der Waals surface area contributed by atoms with E-state index in [1.165, 1.54) is 19.1 Å². The van der Waals surface area contributed by atoms with Gasteiger partial charge in [0.05, 0.1) is 21.7 Å². The van der Waals surface area contributed by atoms with E-state index in [1.54, 1.807) is 0 Å².